The number of carbonyl (C=O) groups is 2. The highest BCUT2D eigenvalue weighted by Gasteiger charge is 2.30. The highest BCUT2D eigenvalue weighted by atomic mass is 16.6. The monoisotopic (exact) mass is 291 g/mol. The molecule has 1 aliphatic rings. The SMILES string of the molecule is CC(C)(C)OC(=O)N1CC[C@@H](c2cccc(C(=O)O)c2)C1. The van der Waals surface area contributed by atoms with E-state index < -0.39 is 11.6 Å². The number of aromatic carboxylic acids is 1. The number of hydrogen-bond acceptors (Lipinski definition) is 3. The number of benzene rings is 1. The first-order valence-electron chi connectivity index (χ1n) is 7.07. The van der Waals surface area contributed by atoms with Gasteiger partial charge in [0, 0.05) is 19.0 Å². The smallest absolute Gasteiger partial charge is 0.410 e. The number of ether oxygens (including phenoxy) is 1. The second kappa shape index (κ2) is 5.76. The lowest BCUT2D eigenvalue weighted by Gasteiger charge is -2.24. The van der Waals surface area contributed by atoms with E-state index in [9.17, 15) is 9.59 Å². The second-order valence-electron chi connectivity index (χ2n) is 6.34. The van der Waals surface area contributed by atoms with E-state index in [1.807, 2.05) is 26.8 Å². The molecule has 1 N–H and O–H groups in total. The normalized spacial score (nSPS) is 18.6. The summed E-state index contributed by atoms with van der Waals surface area (Å²) >= 11 is 0. The summed E-state index contributed by atoms with van der Waals surface area (Å²) in [7, 11) is 0. The molecular formula is C16H21NO4. The van der Waals surface area contributed by atoms with Gasteiger partial charge in [-0.2, -0.15) is 0 Å². The van der Waals surface area contributed by atoms with Gasteiger partial charge in [-0.3, -0.25) is 0 Å². The zero-order valence-corrected chi connectivity index (χ0v) is 12.6. The van der Waals surface area contributed by atoms with Gasteiger partial charge < -0.3 is 14.7 Å². The Balaban J connectivity index is 2.04. The summed E-state index contributed by atoms with van der Waals surface area (Å²) in [5.74, 6) is -0.768. The molecule has 1 atom stereocenters. The zero-order chi connectivity index (χ0) is 15.6. The zero-order valence-electron chi connectivity index (χ0n) is 12.6. The number of likely N-dealkylation sites (tertiary alicyclic amines) is 1. The lowest BCUT2D eigenvalue weighted by atomic mass is 9.97. The van der Waals surface area contributed by atoms with E-state index in [1.54, 1.807) is 23.1 Å². The molecule has 0 aliphatic carbocycles. The van der Waals surface area contributed by atoms with Crippen LogP contribution in [0.4, 0.5) is 4.79 Å². The Bertz CT molecular complexity index is 547. The van der Waals surface area contributed by atoms with Gasteiger partial charge >= 0.3 is 12.1 Å². The fourth-order valence-electron chi connectivity index (χ4n) is 2.45. The van der Waals surface area contributed by atoms with E-state index in [0.29, 0.717) is 13.1 Å². The van der Waals surface area contributed by atoms with Gasteiger partial charge in [-0.1, -0.05) is 12.1 Å². The third kappa shape index (κ3) is 3.97. The van der Waals surface area contributed by atoms with Gasteiger partial charge in [0.2, 0.25) is 0 Å². The lowest BCUT2D eigenvalue weighted by molar-refractivity contribution is 0.0292. The first kappa shape index (κ1) is 15.4. The van der Waals surface area contributed by atoms with E-state index in [-0.39, 0.29) is 17.6 Å². The van der Waals surface area contributed by atoms with Gasteiger partial charge in [-0.25, -0.2) is 9.59 Å². The number of nitrogens with zero attached hydrogens (tertiary/aromatic N) is 1. The molecule has 1 aromatic rings. The topological polar surface area (TPSA) is 66.8 Å². The molecule has 0 unspecified atom stereocenters. The van der Waals surface area contributed by atoms with Crippen LogP contribution < -0.4 is 0 Å². The first-order chi connectivity index (χ1) is 9.76. The number of hydrogen-bond donors (Lipinski definition) is 1. The summed E-state index contributed by atoms with van der Waals surface area (Å²) in [5, 5.41) is 9.04. The fourth-order valence-corrected chi connectivity index (χ4v) is 2.45. The fraction of sp³-hybridized carbons (Fsp3) is 0.500. The van der Waals surface area contributed by atoms with Crippen molar-refractivity contribution < 1.29 is 19.4 Å². The molecular weight excluding hydrogens is 270 g/mol. The Labute approximate surface area is 124 Å². The van der Waals surface area contributed by atoms with Crippen molar-refractivity contribution in [1.29, 1.82) is 0 Å². The average molecular weight is 291 g/mol. The number of carboxylic acid groups (broad SMARTS) is 1. The van der Waals surface area contributed by atoms with E-state index in [4.69, 9.17) is 9.84 Å². The van der Waals surface area contributed by atoms with Crippen LogP contribution in [0.5, 0.6) is 0 Å². The minimum Gasteiger partial charge on any atom is -0.478 e. The standard InChI is InChI=1S/C16H21NO4/c1-16(2,3)21-15(20)17-8-7-13(10-17)11-5-4-6-12(9-11)14(18)19/h4-6,9,13H,7-8,10H2,1-3H3,(H,18,19)/t13-/m1/s1. The average Bonchev–Trinajstić information content (AvgIpc) is 2.86. The van der Waals surface area contributed by atoms with Crippen LogP contribution in [-0.2, 0) is 4.74 Å². The van der Waals surface area contributed by atoms with Crippen molar-refractivity contribution in [1.82, 2.24) is 4.90 Å². The Morgan fingerprint density at radius 1 is 1.33 bits per heavy atom. The molecule has 0 radical (unpaired) electrons. The number of amides is 1. The van der Waals surface area contributed by atoms with E-state index >= 15 is 0 Å². The summed E-state index contributed by atoms with van der Waals surface area (Å²) in [5.41, 5.74) is 0.738. The summed E-state index contributed by atoms with van der Waals surface area (Å²) < 4.78 is 5.36. The van der Waals surface area contributed by atoms with Crippen molar-refractivity contribution in [3.05, 3.63) is 35.4 Å². The molecule has 1 aromatic carbocycles. The molecule has 21 heavy (non-hydrogen) atoms. The molecule has 0 bridgehead atoms. The minimum absolute atomic E-state index is 0.164. The molecule has 0 saturated carbocycles. The van der Waals surface area contributed by atoms with Crippen LogP contribution in [-0.4, -0.2) is 40.8 Å². The van der Waals surface area contributed by atoms with Crippen LogP contribution in [0, 0.1) is 0 Å². The Kier molecular flexibility index (Phi) is 4.21. The molecule has 5 nitrogen and oxygen atoms in total. The van der Waals surface area contributed by atoms with Crippen LogP contribution >= 0.6 is 0 Å². The maximum absolute atomic E-state index is 12.0. The van der Waals surface area contributed by atoms with Crippen LogP contribution in [0.15, 0.2) is 24.3 Å². The molecule has 0 spiro atoms. The highest BCUT2D eigenvalue weighted by Crippen LogP contribution is 2.28. The Morgan fingerprint density at radius 3 is 2.67 bits per heavy atom. The van der Waals surface area contributed by atoms with Crippen LogP contribution in [0.3, 0.4) is 0 Å². The molecule has 5 heteroatoms. The van der Waals surface area contributed by atoms with Crippen LogP contribution in [0.1, 0.15) is 49.0 Å². The van der Waals surface area contributed by atoms with Crippen molar-refractivity contribution in [2.24, 2.45) is 0 Å². The van der Waals surface area contributed by atoms with Gasteiger partial charge in [0.05, 0.1) is 5.56 Å². The molecule has 1 amide bonds. The van der Waals surface area contributed by atoms with Gasteiger partial charge in [0.1, 0.15) is 5.60 Å². The molecule has 1 aliphatic heterocycles. The highest BCUT2D eigenvalue weighted by molar-refractivity contribution is 5.87. The summed E-state index contributed by atoms with van der Waals surface area (Å²) in [6, 6.07) is 6.92. The van der Waals surface area contributed by atoms with Crippen molar-refractivity contribution in [2.75, 3.05) is 13.1 Å². The second-order valence-corrected chi connectivity index (χ2v) is 6.34. The van der Waals surface area contributed by atoms with E-state index in [2.05, 4.69) is 0 Å². The Morgan fingerprint density at radius 2 is 2.05 bits per heavy atom. The van der Waals surface area contributed by atoms with Gasteiger partial charge in [-0.15, -0.1) is 0 Å². The molecule has 0 aromatic heterocycles. The van der Waals surface area contributed by atoms with Crippen LogP contribution in [0.2, 0.25) is 0 Å². The van der Waals surface area contributed by atoms with E-state index in [1.165, 1.54) is 0 Å². The predicted octanol–water partition coefficient (Wildman–Crippen LogP) is 3.11. The predicted molar refractivity (Wildman–Crippen MR) is 78.6 cm³/mol. The quantitative estimate of drug-likeness (QED) is 0.909. The summed E-state index contributed by atoms with van der Waals surface area (Å²) in [6.07, 6.45) is 0.516. The lowest BCUT2D eigenvalue weighted by Crippen LogP contribution is -2.35. The number of rotatable bonds is 2. The van der Waals surface area contributed by atoms with Crippen molar-refractivity contribution >= 4 is 12.1 Å². The van der Waals surface area contributed by atoms with Crippen molar-refractivity contribution in [3.8, 4) is 0 Å². The van der Waals surface area contributed by atoms with Crippen LogP contribution in [0.25, 0.3) is 0 Å². The van der Waals surface area contributed by atoms with Gasteiger partial charge in [0.15, 0.2) is 0 Å². The molecule has 1 saturated heterocycles. The summed E-state index contributed by atoms with van der Waals surface area (Å²) in [4.78, 5) is 24.7. The molecule has 2 rings (SSSR count). The maximum Gasteiger partial charge on any atom is 0.410 e. The third-order valence-corrected chi connectivity index (χ3v) is 3.44. The largest absolute Gasteiger partial charge is 0.478 e. The Hall–Kier alpha value is -2.04. The third-order valence-electron chi connectivity index (χ3n) is 3.44. The van der Waals surface area contributed by atoms with E-state index in [0.717, 1.165) is 12.0 Å². The van der Waals surface area contributed by atoms with Crippen molar-refractivity contribution in [3.63, 3.8) is 0 Å². The van der Waals surface area contributed by atoms with Crippen molar-refractivity contribution in [2.45, 2.75) is 38.7 Å². The number of carbonyl (C=O) groups excluding carboxylic acids is 1. The minimum atomic E-state index is -0.932. The molecule has 114 valence electrons. The first-order valence-corrected chi connectivity index (χ1v) is 7.07. The number of carboxylic acids is 1. The van der Waals surface area contributed by atoms with Gasteiger partial charge in [-0.05, 0) is 44.9 Å². The van der Waals surface area contributed by atoms with Gasteiger partial charge in [0.25, 0.3) is 0 Å². The summed E-state index contributed by atoms with van der Waals surface area (Å²) in [6.45, 7) is 6.73. The molecule has 1 fully saturated rings. The maximum atomic E-state index is 12.0. The molecule has 1 heterocycles.